The van der Waals surface area contributed by atoms with Crippen LogP contribution in [0, 0.1) is 5.82 Å². The Labute approximate surface area is 195 Å². The van der Waals surface area contributed by atoms with Crippen LogP contribution in [0.15, 0.2) is 36.4 Å². The third-order valence-electron chi connectivity index (χ3n) is 5.83. The number of amides is 2. The summed E-state index contributed by atoms with van der Waals surface area (Å²) in [5.41, 5.74) is -2.68. The average molecular weight is 472 g/mol. The summed E-state index contributed by atoms with van der Waals surface area (Å²) in [5.74, 6) is -1.74. The Morgan fingerprint density at radius 2 is 1.97 bits per heavy atom. The molecule has 0 saturated carbocycles. The highest BCUT2D eigenvalue weighted by atomic mass is 19.1. The molecule has 0 radical (unpaired) electrons. The van der Waals surface area contributed by atoms with Crippen LogP contribution in [0.1, 0.15) is 48.2 Å². The minimum Gasteiger partial charge on any atom is -0.497 e. The van der Waals surface area contributed by atoms with Gasteiger partial charge in [0.1, 0.15) is 23.9 Å². The van der Waals surface area contributed by atoms with Gasteiger partial charge in [0.05, 0.1) is 20.1 Å². The highest BCUT2D eigenvalue weighted by molar-refractivity contribution is 6.02. The smallest absolute Gasteiger partial charge is 0.308 e. The number of nitrogens with zero attached hydrogens (tertiary/aromatic N) is 1. The fourth-order valence-corrected chi connectivity index (χ4v) is 4.06. The van der Waals surface area contributed by atoms with E-state index in [-0.39, 0.29) is 37.1 Å². The molecule has 9 nitrogen and oxygen atoms in total. The van der Waals surface area contributed by atoms with E-state index >= 15 is 0 Å². The number of hydrogen-bond acceptors (Lipinski definition) is 7. The topological polar surface area (TPSA) is 114 Å². The second kappa shape index (κ2) is 8.60. The summed E-state index contributed by atoms with van der Waals surface area (Å²) in [6.07, 6.45) is -0.593. The molecule has 10 heteroatoms. The molecule has 1 atom stereocenters. The largest absolute Gasteiger partial charge is 0.497 e. The van der Waals surface area contributed by atoms with Crippen molar-refractivity contribution in [2.45, 2.75) is 51.3 Å². The summed E-state index contributed by atoms with van der Waals surface area (Å²) in [5, 5.41) is 13.8. The molecule has 2 aromatic carbocycles. The quantitative estimate of drug-likeness (QED) is 0.642. The van der Waals surface area contributed by atoms with Crippen LogP contribution in [0.3, 0.4) is 0 Å². The second-order valence-electron chi connectivity index (χ2n) is 8.67. The molecule has 0 aromatic heterocycles. The number of nitrogens with one attached hydrogen (secondary N) is 1. The normalized spacial score (nSPS) is 21.8. The van der Waals surface area contributed by atoms with E-state index in [1.807, 2.05) is 0 Å². The molecule has 0 bridgehead atoms. The van der Waals surface area contributed by atoms with E-state index in [0.717, 1.165) is 4.90 Å². The maximum atomic E-state index is 14.2. The number of hydrogen-bond donors (Lipinski definition) is 2. The summed E-state index contributed by atoms with van der Waals surface area (Å²) >= 11 is 0. The van der Waals surface area contributed by atoms with Crippen molar-refractivity contribution in [3.63, 3.8) is 0 Å². The number of cyclic esters (lactones) is 1. The first kappa shape index (κ1) is 23.5. The van der Waals surface area contributed by atoms with Crippen molar-refractivity contribution in [3.05, 3.63) is 58.9 Å². The highest BCUT2D eigenvalue weighted by Crippen LogP contribution is 2.37. The molecule has 2 aliphatic heterocycles. The molecule has 0 unspecified atom stereocenters. The van der Waals surface area contributed by atoms with Gasteiger partial charge >= 0.3 is 5.97 Å². The number of fused-ring (bicyclic) bond motifs is 1. The van der Waals surface area contributed by atoms with Crippen LogP contribution in [-0.2, 0) is 27.5 Å². The molecular weight excluding hydrogens is 447 g/mol. The fourth-order valence-electron chi connectivity index (χ4n) is 4.06. The van der Waals surface area contributed by atoms with Gasteiger partial charge in [-0.3, -0.25) is 19.3 Å². The summed E-state index contributed by atoms with van der Waals surface area (Å²) in [4.78, 5) is 39.2. The fraction of sp³-hybridized carbons (Fsp3) is 0.375. The van der Waals surface area contributed by atoms with Gasteiger partial charge in [0.25, 0.3) is 11.8 Å². The third kappa shape index (κ3) is 4.28. The molecule has 2 heterocycles. The molecule has 1 fully saturated rings. The number of halogens is 1. The Morgan fingerprint density at radius 1 is 1.21 bits per heavy atom. The van der Waals surface area contributed by atoms with E-state index in [2.05, 4.69) is 5.32 Å². The molecule has 1 saturated heterocycles. The van der Waals surface area contributed by atoms with Gasteiger partial charge in [-0.25, -0.2) is 4.39 Å². The minimum absolute atomic E-state index is 0.127. The van der Waals surface area contributed by atoms with E-state index in [1.165, 1.54) is 39.2 Å². The van der Waals surface area contributed by atoms with Crippen LogP contribution >= 0.6 is 0 Å². The number of methoxy groups -OCH3 is 1. The number of benzene rings is 2. The van der Waals surface area contributed by atoms with E-state index in [9.17, 15) is 23.9 Å². The van der Waals surface area contributed by atoms with Crippen molar-refractivity contribution in [2.75, 3.05) is 7.11 Å². The Morgan fingerprint density at radius 3 is 2.71 bits per heavy atom. The first-order chi connectivity index (χ1) is 16.0. The highest BCUT2D eigenvalue weighted by Gasteiger charge is 2.51. The molecule has 4 rings (SSSR count). The van der Waals surface area contributed by atoms with Crippen LogP contribution in [0.5, 0.6) is 11.5 Å². The summed E-state index contributed by atoms with van der Waals surface area (Å²) in [7, 11) is 1.47. The van der Waals surface area contributed by atoms with Gasteiger partial charge in [0, 0.05) is 23.1 Å². The maximum absolute atomic E-state index is 14.2. The van der Waals surface area contributed by atoms with Crippen LogP contribution in [0.25, 0.3) is 0 Å². The Balaban J connectivity index is 1.60. The van der Waals surface area contributed by atoms with Crippen molar-refractivity contribution >= 4 is 17.8 Å². The lowest BCUT2D eigenvalue weighted by Crippen LogP contribution is -2.64. The molecular formula is C24H25FN2O7. The number of ether oxygens (including phenoxy) is 3. The minimum atomic E-state index is -2.27. The van der Waals surface area contributed by atoms with Crippen molar-refractivity contribution in [1.29, 1.82) is 0 Å². The van der Waals surface area contributed by atoms with E-state index in [1.54, 1.807) is 18.2 Å². The van der Waals surface area contributed by atoms with Crippen molar-refractivity contribution in [3.8, 4) is 11.5 Å². The van der Waals surface area contributed by atoms with E-state index in [4.69, 9.17) is 14.2 Å². The lowest BCUT2D eigenvalue weighted by atomic mass is 10.0. The van der Waals surface area contributed by atoms with E-state index in [0.29, 0.717) is 17.1 Å². The summed E-state index contributed by atoms with van der Waals surface area (Å²) in [6, 6.07) is 9.05. The predicted molar refractivity (Wildman–Crippen MR) is 116 cm³/mol. The average Bonchev–Trinajstić information content (AvgIpc) is 3.13. The van der Waals surface area contributed by atoms with Gasteiger partial charge in [-0.15, -0.1) is 0 Å². The maximum Gasteiger partial charge on any atom is 0.308 e. The summed E-state index contributed by atoms with van der Waals surface area (Å²) < 4.78 is 30.3. The SMILES string of the molecule is COc1ccc(F)c(COc2cccc3c2CN([C@]2(O)CCC(=O)OC(C)(C)NC2=O)C3=O)c1. The zero-order valence-corrected chi connectivity index (χ0v) is 19.0. The monoisotopic (exact) mass is 472 g/mol. The van der Waals surface area contributed by atoms with Crippen molar-refractivity contribution in [2.24, 2.45) is 0 Å². The van der Waals surface area contributed by atoms with Crippen LogP contribution in [0.4, 0.5) is 4.39 Å². The van der Waals surface area contributed by atoms with Gasteiger partial charge in [0.2, 0.25) is 5.72 Å². The molecule has 0 spiro atoms. The number of rotatable bonds is 5. The molecule has 2 amide bonds. The van der Waals surface area contributed by atoms with Gasteiger partial charge < -0.3 is 24.6 Å². The van der Waals surface area contributed by atoms with Crippen LogP contribution in [0.2, 0.25) is 0 Å². The molecule has 34 heavy (non-hydrogen) atoms. The zero-order valence-electron chi connectivity index (χ0n) is 19.0. The van der Waals surface area contributed by atoms with Crippen LogP contribution < -0.4 is 14.8 Å². The first-order valence-corrected chi connectivity index (χ1v) is 10.7. The molecule has 2 N–H and O–H groups in total. The van der Waals surface area contributed by atoms with Crippen LogP contribution in [-0.4, -0.2) is 46.3 Å². The zero-order chi connectivity index (χ0) is 24.7. The van der Waals surface area contributed by atoms with Gasteiger partial charge in [-0.1, -0.05) is 6.07 Å². The van der Waals surface area contributed by atoms with Gasteiger partial charge in [-0.2, -0.15) is 0 Å². The second-order valence-corrected chi connectivity index (χ2v) is 8.67. The predicted octanol–water partition coefficient (Wildman–Crippen LogP) is 2.25. The Kier molecular flexibility index (Phi) is 5.94. The van der Waals surface area contributed by atoms with Crippen molar-refractivity contribution in [1.82, 2.24) is 10.2 Å². The number of carbonyl (C=O) groups is 3. The van der Waals surface area contributed by atoms with Crippen molar-refractivity contribution < 1.29 is 38.1 Å². The first-order valence-electron chi connectivity index (χ1n) is 10.7. The van der Waals surface area contributed by atoms with Gasteiger partial charge in [0.15, 0.2) is 5.72 Å². The lowest BCUT2D eigenvalue weighted by Gasteiger charge is -2.40. The summed E-state index contributed by atoms with van der Waals surface area (Å²) in [6.45, 7) is 2.68. The van der Waals surface area contributed by atoms with E-state index < -0.39 is 35.1 Å². The van der Waals surface area contributed by atoms with Gasteiger partial charge in [-0.05, 0) is 44.2 Å². The third-order valence-corrected chi connectivity index (χ3v) is 5.83. The Bertz CT molecular complexity index is 1170. The number of aliphatic hydroxyl groups is 1. The molecule has 0 aliphatic carbocycles. The number of esters is 1. The molecule has 180 valence electrons. The standard InChI is InChI=1S/C24H25FN2O7/c1-23(2)26-22(30)24(31,10-9-20(28)34-23)27-12-17-16(21(27)29)5-4-6-19(17)33-13-14-11-15(32-3)7-8-18(14)25/h4-8,11,31H,9-10,12-13H2,1-3H3,(H,26,30)/t24-/m0/s1. The molecule has 2 aromatic rings. The molecule has 2 aliphatic rings. The lowest BCUT2D eigenvalue weighted by molar-refractivity contribution is -0.184. The number of carbonyl (C=O) groups excluding carboxylic acids is 3. The Hall–Kier alpha value is -3.66.